The van der Waals surface area contributed by atoms with Crippen LogP contribution < -0.4 is 4.74 Å². The highest BCUT2D eigenvalue weighted by Crippen LogP contribution is 2.23. The Labute approximate surface area is 104 Å². The number of hydrogen-bond acceptors (Lipinski definition) is 6. The number of benzene rings is 1. The monoisotopic (exact) mass is 256 g/mol. The first-order chi connectivity index (χ1) is 8.63. The van der Waals surface area contributed by atoms with Crippen molar-refractivity contribution in [3.63, 3.8) is 0 Å². The number of rotatable bonds is 3. The number of hydrogen-bond donors (Lipinski definition) is 4. The van der Waals surface area contributed by atoms with E-state index in [-0.39, 0.29) is 0 Å². The van der Waals surface area contributed by atoms with Crippen LogP contribution in [-0.4, -0.2) is 57.7 Å². The molecule has 0 aromatic heterocycles. The van der Waals surface area contributed by atoms with Crippen molar-refractivity contribution in [2.45, 2.75) is 30.7 Å². The Bertz CT molecular complexity index is 368. The van der Waals surface area contributed by atoms with Crippen LogP contribution in [0.1, 0.15) is 0 Å². The summed E-state index contributed by atoms with van der Waals surface area (Å²) >= 11 is 0. The molecule has 0 saturated carbocycles. The van der Waals surface area contributed by atoms with E-state index in [1.165, 1.54) is 0 Å². The van der Waals surface area contributed by atoms with E-state index in [4.69, 9.17) is 14.6 Å². The lowest BCUT2D eigenvalue weighted by molar-refractivity contribution is -0.277. The van der Waals surface area contributed by atoms with E-state index in [2.05, 4.69) is 0 Å². The zero-order chi connectivity index (χ0) is 13.1. The molecule has 1 aromatic rings. The fraction of sp³-hybridized carbons (Fsp3) is 0.500. The second-order valence-corrected chi connectivity index (χ2v) is 4.13. The Hall–Kier alpha value is -1.18. The summed E-state index contributed by atoms with van der Waals surface area (Å²) < 4.78 is 10.6. The van der Waals surface area contributed by atoms with Crippen molar-refractivity contribution in [2.75, 3.05) is 6.61 Å². The zero-order valence-corrected chi connectivity index (χ0v) is 9.59. The lowest BCUT2D eigenvalue weighted by Crippen LogP contribution is -2.60. The Morgan fingerprint density at radius 1 is 1.00 bits per heavy atom. The second kappa shape index (κ2) is 5.64. The topological polar surface area (TPSA) is 99.4 Å². The third-order valence-electron chi connectivity index (χ3n) is 2.84. The van der Waals surface area contributed by atoms with Gasteiger partial charge >= 0.3 is 0 Å². The summed E-state index contributed by atoms with van der Waals surface area (Å²) in [5.74, 6) is 0.460. The van der Waals surface area contributed by atoms with Crippen molar-refractivity contribution in [2.24, 2.45) is 0 Å². The van der Waals surface area contributed by atoms with Crippen LogP contribution in [0.4, 0.5) is 0 Å². The summed E-state index contributed by atoms with van der Waals surface area (Å²) in [7, 11) is 0. The Balaban J connectivity index is 2.08. The van der Waals surface area contributed by atoms with Gasteiger partial charge in [-0.25, -0.2) is 0 Å². The predicted molar refractivity (Wildman–Crippen MR) is 60.8 cm³/mol. The first-order valence-corrected chi connectivity index (χ1v) is 5.65. The van der Waals surface area contributed by atoms with Gasteiger partial charge in [0.1, 0.15) is 30.2 Å². The van der Waals surface area contributed by atoms with E-state index < -0.39 is 37.3 Å². The summed E-state index contributed by atoms with van der Waals surface area (Å²) in [5, 5.41) is 37.9. The third kappa shape index (κ3) is 2.63. The molecule has 2 rings (SSSR count). The molecular weight excluding hydrogens is 240 g/mol. The summed E-state index contributed by atoms with van der Waals surface area (Å²) in [6, 6.07) is 8.64. The maximum atomic E-state index is 9.74. The summed E-state index contributed by atoms with van der Waals surface area (Å²) in [4.78, 5) is 0. The van der Waals surface area contributed by atoms with Gasteiger partial charge in [0.25, 0.3) is 0 Å². The molecule has 1 aliphatic rings. The number of aliphatic hydroxyl groups excluding tert-OH is 4. The van der Waals surface area contributed by atoms with Gasteiger partial charge in [0, 0.05) is 0 Å². The second-order valence-electron chi connectivity index (χ2n) is 4.13. The average molecular weight is 256 g/mol. The first-order valence-electron chi connectivity index (χ1n) is 5.65. The number of ether oxygens (including phenoxy) is 2. The fourth-order valence-corrected chi connectivity index (χ4v) is 1.80. The van der Waals surface area contributed by atoms with Crippen molar-refractivity contribution in [3.05, 3.63) is 30.3 Å². The SMILES string of the molecule is OC[C@@H]1O[C@H](Oc2ccccc2)[C@@H](O)[C@@H](O)[C@@H]1O. The lowest BCUT2D eigenvalue weighted by Gasteiger charge is -2.39. The molecule has 0 radical (unpaired) electrons. The van der Waals surface area contributed by atoms with Crippen molar-refractivity contribution in [1.82, 2.24) is 0 Å². The standard InChI is InChI=1S/C12H16O6/c13-6-8-9(14)10(15)11(16)12(18-8)17-7-4-2-1-3-5-7/h1-5,8-16H,6H2/t8-,9+,10-,11-,12-/m0/s1. The van der Waals surface area contributed by atoms with Gasteiger partial charge in [-0.05, 0) is 12.1 Å². The largest absolute Gasteiger partial charge is 0.462 e. The van der Waals surface area contributed by atoms with Gasteiger partial charge in [-0.15, -0.1) is 0 Å². The average Bonchev–Trinajstić information content (AvgIpc) is 2.40. The van der Waals surface area contributed by atoms with Crippen LogP contribution in [0.3, 0.4) is 0 Å². The van der Waals surface area contributed by atoms with E-state index >= 15 is 0 Å². The molecule has 4 N–H and O–H groups in total. The molecule has 6 nitrogen and oxygen atoms in total. The maximum absolute atomic E-state index is 9.74. The van der Waals surface area contributed by atoms with Crippen LogP contribution in [0.25, 0.3) is 0 Å². The Morgan fingerprint density at radius 3 is 2.28 bits per heavy atom. The normalized spacial score (nSPS) is 36.3. The zero-order valence-electron chi connectivity index (χ0n) is 9.59. The van der Waals surface area contributed by atoms with E-state index in [9.17, 15) is 15.3 Å². The van der Waals surface area contributed by atoms with Gasteiger partial charge in [-0.1, -0.05) is 18.2 Å². The molecule has 1 heterocycles. The Kier molecular flexibility index (Phi) is 4.15. The van der Waals surface area contributed by atoms with Crippen LogP contribution in [0.5, 0.6) is 5.75 Å². The van der Waals surface area contributed by atoms with Gasteiger partial charge in [-0.3, -0.25) is 0 Å². The molecule has 100 valence electrons. The highest BCUT2D eigenvalue weighted by Gasteiger charge is 2.44. The third-order valence-corrected chi connectivity index (χ3v) is 2.84. The summed E-state index contributed by atoms with van der Waals surface area (Å²) in [6.45, 7) is -0.473. The molecular formula is C12H16O6. The molecule has 0 unspecified atom stereocenters. The van der Waals surface area contributed by atoms with E-state index in [1.807, 2.05) is 0 Å². The molecule has 0 amide bonds. The molecule has 18 heavy (non-hydrogen) atoms. The number of para-hydroxylation sites is 1. The highest BCUT2D eigenvalue weighted by atomic mass is 16.7. The lowest BCUT2D eigenvalue weighted by atomic mass is 9.99. The Morgan fingerprint density at radius 2 is 1.67 bits per heavy atom. The van der Waals surface area contributed by atoms with Crippen molar-refractivity contribution in [3.8, 4) is 5.75 Å². The number of aliphatic hydroxyl groups is 4. The molecule has 0 aliphatic carbocycles. The quantitative estimate of drug-likeness (QED) is 0.546. The van der Waals surface area contributed by atoms with Gasteiger partial charge in [0.2, 0.25) is 6.29 Å². The fourth-order valence-electron chi connectivity index (χ4n) is 1.80. The first kappa shape index (κ1) is 13.3. The minimum absolute atomic E-state index is 0.460. The van der Waals surface area contributed by atoms with E-state index in [1.54, 1.807) is 30.3 Å². The van der Waals surface area contributed by atoms with Gasteiger partial charge in [0.15, 0.2) is 0 Å². The van der Waals surface area contributed by atoms with Crippen LogP contribution in [0.15, 0.2) is 30.3 Å². The molecule has 0 spiro atoms. The van der Waals surface area contributed by atoms with Crippen LogP contribution in [-0.2, 0) is 4.74 Å². The maximum Gasteiger partial charge on any atom is 0.229 e. The van der Waals surface area contributed by atoms with Crippen molar-refractivity contribution >= 4 is 0 Å². The van der Waals surface area contributed by atoms with Gasteiger partial charge < -0.3 is 29.9 Å². The molecule has 6 heteroatoms. The minimum atomic E-state index is -1.43. The van der Waals surface area contributed by atoms with Crippen LogP contribution in [0.2, 0.25) is 0 Å². The molecule has 0 bridgehead atoms. The van der Waals surface area contributed by atoms with Crippen LogP contribution >= 0.6 is 0 Å². The summed E-state index contributed by atoms with van der Waals surface area (Å²) in [5.41, 5.74) is 0. The van der Waals surface area contributed by atoms with Crippen molar-refractivity contribution in [1.29, 1.82) is 0 Å². The predicted octanol–water partition coefficient (Wildman–Crippen LogP) is -1.13. The molecule has 5 atom stereocenters. The molecule has 1 fully saturated rings. The van der Waals surface area contributed by atoms with E-state index in [0.717, 1.165) is 0 Å². The molecule has 1 saturated heterocycles. The van der Waals surface area contributed by atoms with Crippen molar-refractivity contribution < 1.29 is 29.9 Å². The minimum Gasteiger partial charge on any atom is -0.462 e. The molecule has 1 aromatic carbocycles. The van der Waals surface area contributed by atoms with Gasteiger partial charge in [-0.2, -0.15) is 0 Å². The summed E-state index contributed by atoms with van der Waals surface area (Å²) in [6.07, 6.45) is -6.28. The smallest absolute Gasteiger partial charge is 0.229 e. The van der Waals surface area contributed by atoms with E-state index in [0.29, 0.717) is 5.75 Å². The molecule has 1 aliphatic heterocycles. The highest BCUT2D eigenvalue weighted by molar-refractivity contribution is 5.21. The van der Waals surface area contributed by atoms with Gasteiger partial charge in [0.05, 0.1) is 6.61 Å². The van der Waals surface area contributed by atoms with Crippen LogP contribution in [0, 0.1) is 0 Å².